The van der Waals surface area contributed by atoms with Crippen LogP contribution in [-0.2, 0) is 0 Å². The minimum atomic E-state index is 0.0822. The minimum absolute atomic E-state index is 0.0822. The van der Waals surface area contributed by atoms with Crippen LogP contribution in [0.4, 0.5) is 0 Å². The maximum atomic E-state index is 12.7. The van der Waals surface area contributed by atoms with Crippen LogP contribution in [0.2, 0.25) is 0 Å². The average Bonchev–Trinajstić information content (AvgIpc) is 2.59. The lowest BCUT2D eigenvalue weighted by Crippen LogP contribution is -2.31. The van der Waals surface area contributed by atoms with Crippen molar-refractivity contribution in [2.75, 3.05) is 14.1 Å². The Morgan fingerprint density at radius 2 is 1.52 bits per heavy atom. The monoisotopic (exact) mass is 325 g/mol. The van der Waals surface area contributed by atoms with Crippen molar-refractivity contribution >= 4 is 23.0 Å². The topological polar surface area (TPSA) is 20.3 Å². The van der Waals surface area contributed by atoms with Gasteiger partial charge in [-0.15, -0.1) is 0 Å². The molecule has 120 valence electrons. The zero-order valence-corrected chi connectivity index (χ0v) is 14.7. The lowest BCUT2D eigenvalue weighted by molar-refractivity contribution is 0.0969. The smallest absolute Gasteiger partial charge is 0.163 e. The molecule has 2 unspecified atom stereocenters. The molecule has 0 N–H and O–H groups in total. The van der Waals surface area contributed by atoms with E-state index in [9.17, 15) is 4.79 Å². The van der Waals surface area contributed by atoms with E-state index >= 15 is 0 Å². The lowest BCUT2D eigenvalue weighted by atomic mass is 9.82. The second-order valence-corrected chi connectivity index (χ2v) is 6.45. The van der Waals surface area contributed by atoms with Crippen LogP contribution in [0.3, 0.4) is 0 Å². The number of nitrogens with zero attached hydrogens (tertiary/aromatic N) is 1. The van der Waals surface area contributed by atoms with Crippen molar-refractivity contribution < 1.29 is 4.79 Å². The van der Waals surface area contributed by atoms with Crippen molar-refractivity contribution in [2.24, 2.45) is 5.92 Å². The number of rotatable bonds is 6. The summed E-state index contributed by atoms with van der Waals surface area (Å²) in [4.78, 5) is 15.5. The number of benzene rings is 2. The molecule has 0 aromatic heterocycles. The second-order valence-electron chi connectivity index (χ2n) is 6.03. The van der Waals surface area contributed by atoms with Gasteiger partial charge >= 0.3 is 0 Å². The molecular weight excluding hydrogens is 302 g/mol. The molecule has 0 spiro atoms. The number of hydrogen-bond acceptors (Lipinski definition) is 2. The average molecular weight is 325 g/mol. The number of carbonyl (C=O) groups is 1. The fourth-order valence-electron chi connectivity index (χ4n) is 2.80. The van der Waals surface area contributed by atoms with Gasteiger partial charge in [0.15, 0.2) is 5.78 Å². The van der Waals surface area contributed by atoms with Gasteiger partial charge in [-0.1, -0.05) is 79.8 Å². The summed E-state index contributed by atoms with van der Waals surface area (Å²) in [6.45, 7) is 2.11. The van der Waals surface area contributed by atoms with Gasteiger partial charge in [0.25, 0.3) is 0 Å². The predicted molar refractivity (Wildman–Crippen MR) is 100 cm³/mol. The first-order valence-electron chi connectivity index (χ1n) is 7.85. The van der Waals surface area contributed by atoms with E-state index in [0.717, 1.165) is 16.1 Å². The largest absolute Gasteiger partial charge is 0.372 e. The third-order valence-electron chi connectivity index (χ3n) is 4.16. The van der Waals surface area contributed by atoms with E-state index in [1.54, 1.807) is 0 Å². The van der Waals surface area contributed by atoms with Crippen molar-refractivity contribution in [3.63, 3.8) is 0 Å². The first kappa shape index (κ1) is 17.4. The Kier molecular flexibility index (Phi) is 6.05. The third kappa shape index (κ3) is 4.49. The van der Waals surface area contributed by atoms with Gasteiger partial charge in [-0.2, -0.15) is 0 Å². The Labute approximate surface area is 144 Å². The third-order valence-corrected chi connectivity index (χ3v) is 4.90. The summed E-state index contributed by atoms with van der Waals surface area (Å²) in [5.74, 6) is 0.363. The zero-order valence-electron chi connectivity index (χ0n) is 13.9. The highest BCUT2D eigenvalue weighted by atomic mass is 32.1. The molecule has 2 aromatic rings. The molecule has 0 aliphatic heterocycles. The highest BCUT2D eigenvalue weighted by Crippen LogP contribution is 2.31. The number of carbonyl (C=O) groups excluding carboxylic acids is 1. The normalized spacial score (nSPS) is 13.2. The van der Waals surface area contributed by atoms with Crippen LogP contribution in [-0.4, -0.2) is 29.8 Å². The summed E-state index contributed by atoms with van der Waals surface area (Å²) >= 11 is 5.56. The van der Waals surface area contributed by atoms with Crippen molar-refractivity contribution in [1.29, 1.82) is 0 Å². The first-order chi connectivity index (χ1) is 11.0. The van der Waals surface area contributed by atoms with E-state index in [4.69, 9.17) is 12.2 Å². The predicted octanol–water partition coefficient (Wildman–Crippen LogP) is 4.57. The molecule has 0 aliphatic carbocycles. The molecule has 2 nitrogen and oxygen atoms in total. The summed E-state index contributed by atoms with van der Waals surface area (Å²) in [5, 5.41) is 0. The number of thiocarbonyl (C=S) groups is 1. The number of Topliss-reactive ketones (excluding diaryl/α,β-unsaturated/α-hetero) is 1. The van der Waals surface area contributed by atoms with Gasteiger partial charge in [0, 0.05) is 32.0 Å². The molecule has 0 saturated heterocycles. The molecule has 2 atom stereocenters. The Hall–Kier alpha value is -2.00. The fourth-order valence-corrected chi connectivity index (χ4v) is 2.97. The Morgan fingerprint density at radius 3 is 2.04 bits per heavy atom. The minimum Gasteiger partial charge on any atom is -0.372 e. The van der Waals surface area contributed by atoms with Crippen LogP contribution >= 0.6 is 12.2 Å². The molecule has 0 radical (unpaired) electrons. The molecular formula is C20H23NOS. The molecule has 2 aromatic carbocycles. The molecule has 0 aliphatic rings. The van der Waals surface area contributed by atoms with Gasteiger partial charge in [0.2, 0.25) is 0 Å². The van der Waals surface area contributed by atoms with Gasteiger partial charge in [0.05, 0.1) is 4.99 Å². The van der Waals surface area contributed by atoms with Crippen molar-refractivity contribution in [2.45, 2.75) is 19.3 Å². The molecule has 23 heavy (non-hydrogen) atoms. The fraction of sp³-hybridized carbons (Fsp3) is 0.300. The Balaban J connectivity index is 2.27. The van der Waals surface area contributed by atoms with E-state index in [1.807, 2.05) is 67.5 Å². The molecule has 0 saturated carbocycles. The van der Waals surface area contributed by atoms with E-state index in [0.29, 0.717) is 6.42 Å². The standard InChI is InChI=1S/C20H23NOS/c1-15(20(23)21(2)3)18(16-10-6-4-7-11-16)14-19(22)17-12-8-5-9-13-17/h4-13,15,18H,14H2,1-3H3. The van der Waals surface area contributed by atoms with Crippen LogP contribution in [0.5, 0.6) is 0 Å². The Bertz CT molecular complexity index is 652. The highest BCUT2D eigenvalue weighted by molar-refractivity contribution is 7.80. The van der Waals surface area contributed by atoms with Gasteiger partial charge < -0.3 is 4.90 Å². The summed E-state index contributed by atoms with van der Waals surface area (Å²) in [6.07, 6.45) is 0.461. The number of ketones is 1. The molecule has 0 amide bonds. The Morgan fingerprint density at radius 1 is 1.00 bits per heavy atom. The molecule has 2 rings (SSSR count). The maximum Gasteiger partial charge on any atom is 0.163 e. The van der Waals surface area contributed by atoms with E-state index in [1.165, 1.54) is 0 Å². The second kappa shape index (κ2) is 8.02. The van der Waals surface area contributed by atoms with Crippen molar-refractivity contribution in [3.05, 3.63) is 71.8 Å². The van der Waals surface area contributed by atoms with Gasteiger partial charge in [0.1, 0.15) is 0 Å². The molecule has 3 heteroatoms. The summed E-state index contributed by atoms with van der Waals surface area (Å²) in [7, 11) is 3.92. The van der Waals surface area contributed by atoms with Crippen LogP contribution < -0.4 is 0 Å². The quantitative estimate of drug-likeness (QED) is 0.573. The first-order valence-corrected chi connectivity index (χ1v) is 8.26. The zero-order chi connectivity index (χ0) is 16.8. The SMILES string of the molecule is CC(C(=S)N(C)C)C(CC(=O)c1ccccc1)c1ccccc1. The van der Waals surface area contributed by atoms with Crippen LogP contribution in [0.1, 0.15) is 35.2 Å². The van der Waals surface area contributed by atoms with Crippen molar-refractivity contribution in [3.8, 4) is 0 Å². The summed E-state index contributed by atoms with van der Waals surface area (Å²) in [6, 6.07) is 19.7. The van der Waals surface area contributed by atoms with Gasteiger partial charge in [-0.3, -0.25) is 4.79 Å². The van der Waals surface area contributed by atoms with E-state index in [2.05, 4.69) is 19.1 Å². The molecule has 0 fully saturated rings. The van der Waals surface area contributed by atoms with Gasteiger partial charge in [-0.25, -0.2) is 0 Å². The van der Waals surface area contributed by atoms with Crippen LogP contribution in [0, 0.1) is 5.92 Å². The van der Waals surface area contributed by atoms with E-state index < -0.39 is 0 Å². The maximum absolute atomic E-state index is 12.7. The lowest BCUT2D eigenvalue weighted by Gasteiger charge is -2.28. The van der Waals surface area contributed by atoms with Crippen LogP contribution in [0.25, 0.3) is 0 Å². The summed E-state index contributed by atoms with van der Waals surface area (Å²) in [5.41, 5.74) is 1.92. The van der Waals surface area contributed by atoms with Crippen LogP contribution in [0.15, 0.2) is 60.7 Å². The molecule has 0 heterocycles. The highest BCUT2D eigenvalue weighted by Gasteiger charge is 2.26. The van der Waals surface area contributed by atoms with Gasteiger partial charge in [-0.05, 0) is 11.5 Å². The number of hydrogen-bond donors (Lipinski definition) is 0. The molecule has 0 bridgehead atoms. The van der Waals surface area contributed by atoms with E-state index in [-0.39, 0.29) is 17.6 Å². The summed E-state index contributed by atoms with van der Waals surface area (Å²) < 4.78 is 0. The van der Waals surface area contributed by atoms with Crippen molar-refractivity contribution in [1.82, 2.24) is 4.90 Å².